The summed E-state index contributed by atoms with van der Waals surface area (Å²) in [5.41, 5.74) is -0.709. The average Bonchev–Trinajstić information content (AvgIpc) is 3.43. The van der Waals surface area contributed by atoms with Gasteiger partial charge in [0.05, 0.1) is 0 Å². The van der Waals surface area contributed by atoms with Crippen LogP contribution in [0.4, 0.5) is 4.79 Å². The quantitative estimate of drug-likeness (QED) is 0.647. The Hall–Kier alpha value is -3.30. The fraction of sp³-hybridized carbons (Fsp3) is 0.583. The van der Waals surface area contributed by atoms with E-state index in [-0.39, 0.29) is 43.3 Å². The van der Waals surface area contributed by atoms with Gasteiger partial charge in [-0.25, -0.2) is 4.79 Å². The largest absolute Gasteiger partial charge is 0.485 e. The monoisotopic (exact) mass is 470 g/mol. The van der Waals surface area contributed by atoms with Crippen molar-refractivity contribution in [3.8, 4) is 11.5 Å². The van der Waals surface area contributed by atoms with Gasteiger partial charge in [-0.2, -0.15) is 0 Å². The summed E-state index contributed by atoms with van der Waals surface area (Å²) in [6.45, 7) is 2.17. The maximum absolute atomic E-state index is 12.9. The number of imide groups is 1. The van der Waals surface area contributed by atoms with Crippen LogP contribution in [0, 0.1) is 0 Å². The summed E-state index contributed by atoms with van der Waals surface area (Å²) in [5, 5.41) is 2.86. The molecule has 1 atom stereocenters. The van der Waals surface area contributed by atoms with Crippen molar-refractivity contribution in [3.05, 3.63) is 24.3 Å². The minimum atomic E-state index is -0.709. The number of nitrogens with one attached hydrogen (secondary N) is 1. The van der Waals surface area contributed by atoms with Gasteiger partial charge in [0.1, 0.15) is 12.1 Å². The zero-order chi connectivity index (χ0) is 23.7. The van der Waals surface area contributed by atoms with Gasteiger partial charge in [-0.3, -0.25) is 19.3 Å². The molecule has 1 aliphatic carbocycles. The molecule has 0 radical (unpaired) electrons. The van der Waals surface area contributed by atoms with Crippen molar-refractivity contribution in [1.82, 2.24) is 20.0 Å². The van der Waals surface area contributed by atoms with Crippen molar-refractivity contribution in [2.75, 3.05) is 39.3 Å². The van der Waals surface area contributed by atoms with Gasteiger partial charge in [0, 0.05) is 39.1 Å². The van der Waals surface area contributed by atoms with Crippen LogP contribution in [0.25, 0.3) is 0 Å². The zero-order valence-corrected chi connectivity index (χ0v) is 19.2. The van der Waals surface area contributed by atoms with E-state index < -0.39 is 11.6 Å². The summed E-state index contributed by atoms with van der Waals surface area (Å²) in [4.78, 5) is 55.2. The smallest absolute Gasteiger partial charge is 0.325 e. The molecule has 0 bridgehead atoms. The fourth-order valence-corrected chi connectivity index (χ4v) is 5.26. The summed E-state index contributed by atoms with van der Waals surface area (Å²) in [6.07, 6.45) is 3.28. The molecule has 10 nitrogen and oxygen atoms in total. The molecule has 3 fully saturated rings. The van der Waals surface area contributed by atoms with Crippen molar-refractivity contribution < 1.29 is 28.7 Å². The predicted molar refractivity (Wildman–Crippen MR) is 120 cm³/mol. The number of fused-ring (bicyclic) bond motifs is 1. The van der Waals surface area contributed by atoms with Crippen LogP contribution in [0.2, 0.25) is 0 Å². The lowest BCUT2D eigenvalue weighted by atomic mass is 9.98. The Morgan fingerprint density at radius 1 is 1.00 bits per heavy atom. The van der Waals surface area contributed by atoms with E-state index in [0.29, 0.717) is 56.9 Å². The third kappa shape index (κ3) is 4.17. The Labute approximate surface area is 198 Å². The zero-order valence-electron chi connectivity index (χ0n) is 19.2. The van der Waals surface area contributed by atoms with Crippen LogP contribution in [0.15, 0.2) is 24.3 Å². The number of nitrogens with zero attached hydrogens (tertiary/aromatic N) is 3. The maximum Gasteiger partial charge on any atom is 0.325 e. The summed E-state index contributed by atoms with van der Waals surface area (Å²) in [5.74, 6) is 0.881. The molecule has 1 N–H and O–H groups in total. The Balaban J connectivity index is 1.06. The van der Waals surface area contributed by atoms with E-state index in [4.69, 9.17) is 9.47 Å². The van der Waals surface area contributed by atoms with Crippen LogP contribution in [0.5, 0.6) is 11.5 Å². The van der Waals surface area contributed by atoms with Crippen molar-refractivity contribution >= 4 is 23.8 Å². The molecule has 3 aliphatic heterocycles. The molecule has 0 aromatic heterocycles. The number of carbonyl (C=O) groups is 4. The number of carbonyl (C=O) groups excluding carboxylic acids is 4. The topological polar surface area (TPSA) is 108 Å². The van der Waals surface area contributed by atoms with Gasteiger partial charge in [-0.05, 0) is 31.4 Å². The molecule has 0 unspecified atom stereocenters. The van der Waals surface area contributed by atoms with Gasteiger partial charge in [0.2, 0.25) is 12.0 Å². The highest BCUT2D eigenvalue weighted by molar-refractivity contribution is 6.07. The average molecular weight is 471 g/mol. The maximum atomic E-state index is 12.9. The molecule has 34 heavy (non-hydrogen) atoms. The Morgan fingerprint density at radius 3 is 2.41 bits per heavy atom. The molecule has 5 rings (SSSR count). The summed E-state index contributed by atoms with van der Waals surface area (Å²) < 4.78 is 11.5. The molecule has 182 valence electrons. The highest BCUT2D eigenvalue weighted by atomic mass is 16.6. The van der Waals surface area contributed by atoms with Crippen molar-refractivity contribution in [1.29, 1.82) is 0 Å². The molecule has 1 aromatic carbocycles. The summed E-state index contributed by atoms with van der Waals surface area (Å²) in [6, 6.07) is 6.92. The SMILES string of the molecule is O=C(CCCN1C(=O)NC2(CCCC2)C1=O)N1CCN(C(=O)[C@@H]2COc3ccccc3O2)CC1. The van der Waals surface area contributed by atoms with E-state index >= 15 is 0 Å². The molecule has 1 spiro atoms. The van der Waals surface area contributed by atoms with Gasteiger partial charge in [0.15, 0.2) is 11.5 Å². The third-order valence-corrected chi connectivity index (χ3v) is 7.20. The fourth-order valence-electron chi connectivity index (χ4n) is 5.26. The minimum Gasteiger partial charge on any atom is -0.485 e. The first-order valence-electron chi connectivity index (χ1n) is 12.1. The molecular weight excluding hydrogens is 440 g/mol. The highest BCUT2D eigenvalue weighted by Gasteiger charge is 2.52. The Kier molecular flexibility index (Phi) is 6.05. The second-order valence-electron chi connectivity index (χ2n) is 9.35. The normalized spacial score (nSPS) is 23.4. The number of para-hydroxylation sites is 2. The van der Waals surface area contributed by atoms with E-state index in [9.17, 15) is 19.2 Å². The first-order chi connectivity index (χ1) is 16.5. The van der Waals surface area contributed by atoms with E-state index in [1.807, 2.05) is 12.1 Å². The van der Waals surface area contributed by atoms with Gasteiger partial charge >= 0.3 is 6.03 Å². The number of ether oxygens (including phenoxy) is 2. The molecule has 2 saturated heterocycles. The van der Waals surface area contributed by atoms with E-state index in [2.05, 4.69) is 5.32 Å². The molecule has 4 aliphatic rings. The van der Waals surface area contributed by atoms with Crippen LogP contribution in [-0.4, -0.2) is 89.4 Å². The number of hydrogen-bond acceptors (Lipinski definition) is 6. The molecular formula is C24H30N4O6. The number of amides is 5. The lowest BCUT2D eigenvalue weighted by molar-refractivity contribution is -0.146. The Morgan fingerprint density at radius 2 is 1.68 bits per heavy atom. The van der Waals surface area contributed by atoms with Gasteiger partial charge in [0.25, 0.3) is 11.8 Å². The van der Waals surface area contributed by atoms with Gasteiger partial charge in [-0.15, -0.1) is 0 Å². The minimum absolute atomic E-state index is 0.0269. The molecule has 5 amide bonds. The van der Waals surface area contributed by atoms with E-state index in [1.54, 1.807) is 21.9 Å². The van der Waals surface area contributed by atoms with Gasteiger partial charge in [-0.1, -0.05) is 25.0 Å². The molecule has 3 heterocycles. The number of benzene rings is 1. The second-order valence-corrected chi connectivity index (χ2v) is 9.35. The van der Waals surface area contributed by atoms with Crippen molar-refractivity contribution in [2.24, 2.45) is 0 Å². The van der Waals surface area contributed by atoms with Gasteiger partial charge < -0.3 is 24.6 Å². The van der Waals surface area contributed by atoms with Crippen LogP contribution >= 0.6 is 0 Å². The number of piperazine rings is 1. The molecule has 1 saturated carbocycles. The van der Waals surface area contributed by atoms with Crippen LogP contribution < -0.4 is 14.8 Å². The predicted octanol–water partition coefficient (Wildman–Crippen LogP) is 1.14. The lowest BCUT2D eigenvalue weighted by Crippen LogP contribution is -2.55. The summed E-state index contributed by atoms with van der Waals surface area (Å²) >= 11 is 0. The number of rotatable bonds is 5. The number of hydrogen-bond donors (Lipinski definition) is 1. The standard InChI is InChI=1S/C24H30N4O6/c29-20(8-5-11-28-22(31)24(25-23(28)32)9-3-4-10-24)26-12-14-27(15-13-26)21(30)19-16-33-17-6-1-2-7-18(17)34-19/h1-2,6-7,19H,3-5,8-16H2,(H,25,32)/t19-/m0/s1. The van der Waals surface area contributed by atoms with Crippen LogP contribution in [0.1, 0.15) is 38.5 Å². The molecule has 10 heteroatoms. The lowest BCUT2D eigenvalue weighted by Gasteiger charge is -2.37. The van der Waals surface area contributed by atoms with Crippen molar-refractivity contribution in [2.45, 2.75) is 50.2 Å². The first-order valence-corrected chi connectivity index (χ1v) is 12.1. The summed E-state index contributed by atoms with van der Waals surface area (Å²) in [7, 11) is 0. The first kappa shape index (κ1) is 22.5. The van der Waals surface area contributed by atoms with Crippen molar-refractivity contribution in [3.63, 3.8) is 0 Å². The molecule has 1 aromatic rings. The second kappa shape index (κ2) is 9.15. The third-order valence-electron chi connectivity index (χ3n) is 7.20. The van der Waals surface area contributed by atoms with E-state index in [0.717, 1.165) is 12.8 Å². The Bertz CT molecular complexity index is 983. The van der Waals surface area contributed by atoms with Crippen LogP contribution in [0.3, 0.4) is 0 Å². The number of urea groups is 1. The van der Waals surface area contributed by atoms with E-state index in [1.165, 1.54) is 4.90 Å². The van der Waals surface area contributed by atoms with Crippen LogP contribution in [-0.2, 0) is 14.4 Å². The highest BCUT2D eigenvalue weighted by Crippen LogP contribution is 2.35.